The molecule has 1 fully saturated rings. The number of halogens is 1. The van der Waals surface area contributed by atoms with Gasteiger partial charge in [0.2, 0.25) is 0 Å². The molecule has 2 N–H and O–H groups in total. The number of nitrogens with one attached hydrogen (secondary N) is 2. The third-order valence-electron chi connectivity index (χ3n) is 3.97. The highest BCUT2D eigenvalue weighted by Gasteiger charge is 2.21. The van der Waals surface area contributed by atoms with Crippen molar-refractivity contribution >= 4 is 29.9 Å². The molecule has 0 aromatic carbocycles. The van der Waals surface area contributed by atoms with E-state index in [0.29, 0.717) is 11.8 Å². The van der Waals surface area contributed by atoms with Crippen LogP contribution in [0.1, 0.15) is 47.0 Å². The lowest BCUT2D eigenvalue weighted by Crippen LogP contribution is -2.38. The maximum Gasteiger partial charge on any atom is 0.191 e. The molecule has 1 saturated heterocycles. The molecule has 0 saturated carbocycles. The lowest BCUT2D eigenvalue weighted by Gasteiger charge is -2.15. The molecule has 1 rings (SSSR count). The summed E-state index contributed by atoms with van der Waals surface area (Å²) in [6.45, 7) is 16.8. The van der Waals surface area contributed by atoms with Crippen molar-refractivity contribution in [3.63, 3.8) is 0 Å². The molecule has 0 radical (unpaired) electrons. The molecular formula is C18H39IN4O. The Morgan fingerprint density at radius 3 is 2.75 bits per heavy atom. The molecule has 1 heterocycles. The molecule has 0 aromatic rings. The molecule has 1 aliphatic rings. The Hall–Kier alpha value is -0.0800. The van der Waals surface area contributed by atoms with Crippen molar-refractivity contribution in [2.24, 2.45) is 16.8 Å². The van der Waals surface area contributed by atoms with Crippen LogP contribution in [0.4, 0.5) is 0 Å². The van der Waals surface area contributed by atoms with Crippen LogP contribution in [-0.2, 0) is 4.74 Å². The molecule has 24 heavy (non-hydrogen) atoms. The van der Waals surface area contributed by atoms with Crippen molar-refractivity contribution in [3.05, 3.63) is 0 Å². The number of guanidine groups is 1. The second-order valence-electron chi connectivity index (χ2n) is 6.92. The van der Waals surface area contributed by atoms with Crippen molar-refractivity contribution < 1.29 is 4.74 Å². The summed E-state index contributed by atoms with van der Waals surface area (Å²) in [5.41, 5.74) is 0. The highest BCUT2D eigenvalue weighted by atomic mass is 127. The number of hydrogen-bond acceptors (Lipinski definition) is 3. The molecule has 0 bridgehead atoms. The minimum Gasteiger partial charge on any atom is -0.381 e. The zero-order chi connectivity index (χ0) is 16.9. The van der Waals surface area contributed by atoms with Gasteiger partial charge in [0.05, 0.1) is 0 Å². The Bertz CT molecular complexity index is 326. The van der Waals surface area contributed by atoms with Gasteiger partial charge in [0, 0.05) is 39.4 Å². The number of rotatable bonds is 11. The van der Waals surface area contributed by atoms with Crippen LogP contribution in [0, 0.1) is 11.8 Å². The summed E-state index contributed by atoms with van der Waals surface area (Å²) in [4.78, 5) is 7.33. The van der Waals surface area contributed by atoms with Crippen LogP contribution in [0.25, 0.3) is 0 Å². The van der Waals surface area contributed by atoms with E-state index < -0.39 is 0 Å². The first kappa shape index (κ1) is 23.9. The number of nitrogens with zero attached hydrogens (tertiary/aromatic N) is 2. The Labute approximate surface area is 166 Å². The summed E-state index contributed by atoms with van der Waals surface area (Å²) in [5.74, 6) is 2.28. The highest BCUT2D eigenvalue weighted by Crippen LogP contribution is 2.16. The fraction of sp³-hybridized carbons (Fsp3) is 0.944. The van der Waals surface area contributed by atoms with Crippen LogP contribution in [0.3, 0.4) is 0 Å². The highest BCUT2D eigenvalue weighted by molar-refractivity contribution is 14.0. The first-order valence-electron chi connectivity index (χ1n) is 9.47. The van der Waals surface area contributed by atoms with Gasteiger partial charge in [-0.15, -0.1) is 24.0 Å². The second-order valence-corrected chi connectivity index (χ2v) is 6.92. The van der Waals surface area contributed by atoms with Gasteiger partial charge in [-0.2, -0.15) is 0 Å². The van der Waals surface area contributed by atoms with E-state index in [0.717, 1.165) is 45.2 Å². The summed E-state index contributed by atoms with van der Waals surface area (Å²) >= 11 is 0. The van der Waals surface area contributed by atoms with Gasteiger partial charge >= 0.3 is 0 Å². The summed E-state index contributed by atoms with van der Waals surface area (Å²) in [7, 11) is 0. The molecule has 1 aliphatic heterocycles. The normalized spacial score (nSPS) is 18.7. The van der Waals surface area contributed by atoms with Gasteiger partial charge in [-0.1, -0.05) is 20.8 Å². The maximum atomic E-state index is 5.61. The predicted molar refractivity (Wildman–Crippen MR) is 115 cm³/mol. The van der Waals surface area contributed by atoms with Gasteiger partial charge in [-0.3, -0.25) is 4.99 Å². The number of hydrogen-bond donors (Lipinski definition) is 2. The Morgan fingerprint density at radius 2 is 2.08 bits per heavy atom. The first-order valence-corrected chi connectivity index (χ1v) is 9.47. The van der Waals surface area contributed by atoms with Crippen LogP contribution in [0.2, 0.25) is 0 Å². The topological polar surface area (TPSA) is 48.9 Å². The fourth-order valence-electron chi connectivity index (χ4n) is 2.84. The molecule has 0 spiro atoms. The number of ether oxygens (including phenoxy) is 1. The maximum absolute atomic E-state index is 5.61. The molecule has 0 aromatic heterocycles. The van der Waals surface area contributed by atoms with Crippen molar-refractivity contribution in [2.45, 2.75) is 47.0 Å². The predicted octanol–water partition coefficient (Wildman–Crippen LogP) is 2.95. The standard InChI is InChI=1S/C18H38N4O.HI/c1-5-10-22-11-8-17(14-22)13-21-18(19-6-2)20-9-7-12-23-15-16(3)4;/h16-17H,5-15H2,1-4H3,(H2,19,20,21);1H. The van der Waals surface area contributed by atoms with Gasteiger partial charge in [-0.05, 0) is 51.1 Å². The first-order chi connectivity index (χ1) is 11.2. The van der Waals surface area contributed by atoms with Crippen molar-refractivity contribution in [3.8, 4) is 0 Å². The van der Waals surface area contributed by atoms with Gasteiger partial charge < -0.3 is 20.3 Å². The quantitative estimate of drug-likeness (QED) is 0.218. The summed E-state index contributed by atoms with van der Waals surface area (Å²) in [6.07, 6.45) is 3.55. The van der Waals surface area contributed by atoms with E-state index in [1.807, 2.05) is 0 Å². The lowest BCUT2D eigenvalue weighted by atomic mass is 10.1. The molecule has 1 unspecified atom stereocenters. The van der Waals surface area contributed by atoms with Crippen LogP contribution in [-0.4, -0.2) is 63.3 Å². The largest absolute Gasteiger partial charge is 0.381 e. The van der Waals surface area contributed by atoms with Crippen molar-refractivity contribution in [1.82, 2.24) is 15.5 Å². The average molecular weight is 454 g/mol. The third kappa shape index (κ3) is 11.5. The molecule has 0 aliphatic carbocycles. The molecule has 6 heteroatoms. The summed E-state index contributed by atoms with van der Waals surface area (Å²) < 4.78 is 5.61. The Kier molecular flexibility index (Phi) is 15.1. The number of likely N-dealkylation sites (tertiary alicyclic amines) is 1. The zero-order valence-electron chi connectivity index (χ0n) is 16.1. The minimum absolute atomic E-state index is 0. The number of aliphatic imine (C=N–C) groups is 1. The Balaban J connectivity index is 0.00000529. The van der Waals surface area contributed by atoms with Crippen molar-refractivity contribution in [1.29, 1.82) is 0 Å². The van der Waals surface area contributed by atoms with E-state index in [2.05, 4.69) is 43.2 Å². The van der Waals surface area contributed by atoms with Crippen LogP contribution in [0.5, 0.6) is 0 Å². The van der Waals surface area contributed by atoms with Gasteiger partial charge in [0.1, 0.15) is 0 Å². The van der Waals surface area contributed by atoms with Crippen molar-refractivity contribution in [2.75, 3.05) is 52.5 Å². The summed E-state index contributed by atoms with van der Waals surface area (Å²) in [5, 5.41) is 6.75. The Morgan fingerprint density at radius 1 is 1.29 bits per heavy atom. The zero-order valence-corrected chi connectivity index (χ0v) is 18.5. The van der Waals surface area contributed by atoms with Gasteiger partial charge in [0.25, 0.3) is 0 Å². The van der Waals surface area contributed by atoms with Gasteiger partial charge in [0.15, 0.2) is 5.96 Å². The van der Waals surface area contributed by atoms with E-state index in [1.54, 1.807) is 0 Å². The van der Waals surface area contributed by atoms with E-state index in [4.69, 9.17) is 9.73 Å². The second kappa shape index (κ2) is 15.2. The average Bonchev–Trinajstić information content (AvgIpc) is 2.96. The van der Waals surface area contributed by atoms with E-state index in [1.165, 1.54) is 32.5 Å². The molecule has 0 amide bonds. The molecule has 5 nitrogen and oxygen atoms in total. The van der Waals surface area contributed by atoms with E-state index >= 15 is 0 Å². The molecule has 144 valence electrons. The monoisotopic (exact) mass is 454 g/mol. The van der Waals surface area contributed by atoms with E-state index in [-0.39, 0.29) is 24.0 Å². The van der Waals surface area contributed by atoms with Crippen LogP contribution >= 0.6 is 24.0 Å². The minimum atomic E-state index is 0. The molecular weight excluding hydrogens is 415 g/mol. The van der Waals surface area contributed by atoms with Crippen LogP contribution in [0.15, 0.2) is 4.99 Å². The summed E-state index contributed by atoms with van der Waals surface area (Å²) in [6, 6.07) is 0. The SMILES string of the molecule is CCCN1CCC(CN=C(NCC)NCCCOCC(C)C)C1.I. The van der Waals surface area contributed by atoms with E-state index in [9.17, 15) is 0 Å². The smallest absolute Gasteiger partial charge is 0.191 e. The lowest BCUT2D eigenvalue weighted by molar-refractivity contribution is 0.108. The molecule has 1 atom stereocenters. The third-order valence-corrected chi connectivity index (χ3v) is 3.97. The van der Waals surface area contributed by atoms with Crippen LogP contribution < -0.4 is 10.6 Å². The van der Waals surface area contributed by atoms with Gasteiger partial charge in [-0.25, -0.2) is 0 Å². The fourth-order valence-corrected chi connectivity index (χ4v) is 2.84.